The highest BCUT2D eigenvalue weighted by molar-refractivity contribution is 9.10. The van der Waals surface area contributed by atoms with Crippen molar-refractivity contribution in [2.24, 2.45) is 0 Å². The van der Waals surface area contributed by atoms with E-state index in [0.29, 0.717) is 16.4 Å². The normalized spacial score (nSPS) is 10.2. The lowest BCUT2D eigenvalue weighted by molar-refractivity contribution is -0.385. The Hall–Kier alpha value is -2.12. The third kappa shape index (κ3) is 3.50. The van der Waals surface area contributed by atoms with Gasteiger partial charge in [0.05, 0.1) is 9.95 Å². The number of nitrogens with one attached hydrogen (secondary N) is 1. The Bertz CT molecular complexity index is 736. The SMILES string of the molecule is O=C(O)c1ccc(Nc2ccc(Br)c(Cl)c2)cc1[N+](=O)[O-]. The summed E-state index contributed by atoms with van der Waals surface area (Å²) >= 11 is 9.21. The van der Waals surface area contributed by atoms with Crippen LogP contribution in [0.2, 0.25) is 5.02 Å². The Morgan fingerprint density at radius 1 is 1.24 bits per heavy atom. The Kier molecular flexibility index (Phi) is 4.44. The fraction of sp³-hybridized carbons (Fsp3) is 0. The van der Waals surface area contributed by atoms with Gasteiger partial charge in [-0.1, -0.05) is 11.6 Å². The number of benzene rings is 2. The quantitative estimate of drug-likeness (QED) is 0.612. The van der Waals surface area contributed by atoms with Crippen molar-refractivity contribution in [3.63, 3.8) is 0 Å². The van der Waals surface area contributed by atoms with Crippen LogP contribution in [0.5, 0.6) is 0 Å². The minimum Gasteiger partial charge on any atom is -0.477 e. The first kappa shape index (κ1) is 15.3. The van der Waals surface area contributed by atoms with Crippen molar-refractivity contribution in [3.05, 3.63) is 61.6 Å². The number of hydrogen-bond donors (Lipinski definition) is 2. The number of aromatic carboxylic acids is 1. The van der Waals surface area contributed by atoms with Crippen LogP contribution in [0.25, 0.3) is 0 Å². The van der Waals surface area contributed by atoms with Gasteiger partial charge in [-0.15, -0.1) is 0 Å². The van der Waals surface area contributed by atoms with E-state index in [2.05, 4.69) is 21.2 Å². The molecule has 2 aromatic rings. The third-order valence-corrected chi connectivity index (χ3v) is 3.87. The minimum atomic E-state index is -1.35. The number of nitro groups is 1. The molecule has 0 aliphatic heterocycles. The van der Waals surface area contributed by atoms with Gasteiger partial charge in [-0.3, -0.25) is 10.1 Å². The maximum absolute atomic E-state index is 10.9. The summed E-state index contributed by atoms with van der Waals surface area (Å²) in [5.41, 5.74) is 0.181. The number of nitro benzene ring substituents is 1. The fourth-order valence-electron chi connectivity index (χ4n) is 1.68. The van der Waals surface area contributed by atoms with Gasteiger partial charge in [-0.05, 0) is 46.3 Å². The van der Waals surface area contributed by atoms with Gasteiger partial charge in [0.25, 0.3) is 5.69 Å². The second kappa shape index (κ2) is 6.11. The average molecular weight is 372 g/mol. The van der Waals surface area contributed by atoms with Gasteiger partial charge >= 0.3 is 5.97 Å². The monoisotopic (exact) mass is 370 g/mol. The van der Waals surface area contributed by atoms with Crippen LogP contribution in [0.3, 0.4) is 0 Å². The topological polar surface area (TPSA) is 92.5 Å². The largest absolute Gasteiger partial charge is 0.477 e. The lowest BCUT2D eigenvalue weighted by Crippen LogP contribution is -2.03. The molecular weight excluding hydrogens is 364 g/mol. The molecule has 0 saturated carbocycles. The van der Waals surface area contributed by atoms with Gasteiger partial charge in [-0.25, -0.2) is 4.79 Å². The first-order valence-corrected chi connectivity index (χ1v) is 6.79. The number of rotatable bonds is 4. The molecule has 2 N–H and O–H groups in total. The zero-order chi connectivity index (χ0) is 15.6. The van der Waals surface area contributed by atoms with E-state index in [1.54, 1.807) is 18.2 Å². The Balaban J connectivity index is 2.36. The summed E-state index contributed by atoms with van der Waals surface area (Å²) in [4.78, 5) is 21.1. The van der Waals surface area contributed by atoms with Crippen molar-refractivity contribution in [1.82, 2.24) is 0 Å². The van der Waals surface area contributed by atoms with Crippen LogP contribution in [-0.2, 0) is 0 Å². The highest BCUT2D eigenvalue weighted by Gasteiger charge is 2.20. The van der Waals surface area contributed by atoms with Crippen LogP contribution >= 0.6 is 27.5 Å². The lowest BCUT2D eigenvalue weighted by atomic mass is 10.1. The second-order valence-electron chi connectivity index (χ2n) is 4.05. The molecular formula is C13H8BrClN2O4. The van der Waals surface area contributed by atoms with Crippen LogP contribution in [0.4, 0.5) is 17.1 Å². The summed E-state index contributed by atoms with van der Waals surface area (Å²) in [6, 6.07) is 8.90. The molecule has 0 amide bonds. The molecule has 0 fully saturated rings. The predicted octanol–water partition coefficient (Wildman–Crippen LogP) is 4.45. The zero-order valence-corrected chi connectivity index (χ0v) is 12.7. The highest BCUT2D eigenvalue weighted by atomic mass is 79.9. The van der Waals surface area contributed by atoms with Gasteiger partial charge in [0.15, 0.2) is 0 Å². The lowest BCUT2D eigenvalue weighted by Gasteiger charge is -2.08. The number of anilines is 2. The first-order valence-electron chi connectivity index (χ1n) is 5.62. The molecule has 0 aliphatic rings. The van der Waals surface area contributed by atoms with Crippen molar-refractivity contribution in [1.29, 1.82) is 0 Å². The van der Waals surface area contributed by atoms with Gasteiger partial charge < -0.3 is 10.4 Å². The molecule has 0 bridgehead atoms. The summed E-state index contributed by atoms with van der Waals surface area (Å²) in [6.07, 6.45) is 0. The molecule has 0 spiro atoms. The summed E-state index contributed by atoms with van der Waals surface area (Å²) in [5.74, 6) is -1.35. The van der Waals surface area contributed by atoms with Crippen LogP contribution in [0.15, 0.2) is 40.9 Å². The summed E-state index contributed by atoms with van der Waals surface area (Å²) < 4.78 is 0.724. The maximum atomic E-state index is 10.9. The van der Waals surface area contributed by atoms with Gasteiger partial charge in [0.1, 0.15) is 5.56 Å². The molecule has 0 unspecified atom stereocenters. The number of carbonyl (C=O) groups is 1. The molecule has 0 aromatic heterocycles. The maximum Gasteiger partial charge on any atom is 0.342 e. The van der Waals surface area contributed by atoms with Crippen LogP contribution in [0.1, 0.15) is 10.4 Å². The Morgan fingerprint density at radius 3 is 2.43 bits per heavy atom. The summed E-state index contributed by atoms with van der Waals surface area (Å²) in [6.45, 7) is 0. The van der Waals surface area contributed by atoms with E-state index in [1.165, 1.54) is 18.2 Å². The van der Waals surface area contributed by atoms with Gasteiger partial charge in [0, 0.05) is 21.9 Å². The third-order valence-electron chi connectivity index (χ3n) is 2.63. The van der Waals surface area contributed by atoms with Crippen LogP contribution in [0, 0.1) is 10.1 Å². The van der Waals surface area contributed by atoms with Crippen molar-refractivity contribution < 1.29 is 14.8 Å². The van der Waals surface area contributed by atoms with E-state index in [9.17, 15) is 14.9 Å². The molecule has 6 nitrogen and oxygen atoms in total. The molecule has 0 heterocycles. The number of halogens is 2. The van der Waals surface area contributed by atoms with Crippen LogP contribution in [-0.4, -0.2) is 16.0 Å². The Labute approximate surface area is 132 Å². The molecule has 8 heteroatoms. The standard InChI is InChI=1S/C13H8BrClN2O4/c14-10-4-2-7(5-11(10)15)16-8-1-3-9(13(18)19)12(6-8)17(20)21/h1-6,16H,(H,18,19). The number of carboxylic acid groups (broad SMARTS) is 1. The van der Waals surface area contributed by atoms with E-state index in [4.69, 9.17) is 16.7 Å². The first-order chi connectivity index (χ1) is 9.88. The van der Waals surface area contributed by atoms with E-state index in [1.807, 2.05) is 0 Å². The van der Waals surface area contributed by atoms with Gasteiger partial charge in [0.2, 0.25) is 0 Å². The van der Waals surface area contributed by atoms with Crippen molar-refractivity contribution in [3.8, 4) is 0 Å². The number of hydrogen-bond acceptors (Lipinski definition) is 4. The summed E-state index contributed by atoms with van der Waals surface area (Å²) in [5, 5.41) is 23.2. The molecule has 0 aliphatic carbocycles. The van der Waals surface area contributed by atoms with Crippen molar-refractivity contribution >= 4 is 50.6 Å². The number of nitrogens with zero attached hydrogens (tertiary/aromatic N) is 1. The zero-order valence-electron chi connectivity index (χ0n) is 10.3. The summed E-state index contributed by atoms with van der Waals surface area (Å²) in [7, 11) is 0. The number of carboxylic acids is 1. The van der Waals surface area contributed by atoms with E-state index >= 15 is 0 Å². The molecule has 2 aromatic carbocycles. The smallest absolute Gasteiger partial charge is 0.342 e. The molecule has 2 rings (SSSR count). The Morgan fingerprint density at radius 2 is 1.86 bits per heavy atom. The average Bonchev–Trinajstić information content (AvgIpc) is 2.42. The molecule has 0 radical (unpaired) electrons. The van der Waals surface area contributed by atoms with E-state index in [-0.39, 0.29) is 5.56 Å². The van der Waals surface area contributed by atoms with Crippen LogP contribution < -0.4 is 5.32 Å². The second-order valence-corrected chi connectivity index (χ2v) is 5.31. The van der Waals surface area contributed by atoms with Crippen molar-refractivity contribution in [2.45, 2.75) is 0 Å². The molecule has 0 atom stereocenters. The van der Waals surface area contributed by atoms with E-state index < -0.39 is 16.6 Å². The molecule has 108 valence electrons. The highest BCUT2D eigenvalue weighted by Crippen LogP contribution is 2.29. The van der Waals surface area contributed by atoms with Gasteiger partial charge in [-0.2, -0.15) is 0 Å². The molecule has 0 saturated heterocycles. The fourth-order valence-corrected chi connectivity index (χ4v) is 2.11. The van der Waals surface area contributed by atoms with Crippen molar-refractivity contribution in [2.75, 3.05) is 5.32 Å². The predicted molar refractivity (Wildman–Crippen MR) is 82.5 cm³/mol. The van der Waals surface area contributed by atoms with E-state index in [0.717, 1.165) is 4.47 Å². The molecule has 21 heavy (non-hydrogen) atoms. The minimum absolute atomic E-state index is 0.362.